The van der Waals surface area contributed by atoms with Crippen LogP contribution in [-0.2, 0) is 4.79 Å². The third kappa shape index (κ3) is 4.23. The number of carbonyl (C=O) groups is 1. The van der Waals surface area contributed by atoms with E-state index in [1.54, 1.807) is 0 Å². The number of rotatable bonds is 4. The van der Waals surface area contributed by atoms with Crippen LogP contribution in [0.25, 0.3) is 0 Å². The minimum atomic E-state index is -0.109. The van der Waals surface area contributed by atoms with Gasteiger partial charge < -0.3 is 10.1 Å². The predicted molar refractivity (Wildman–Crippen MR) is 67.7 cm³/mol. The van der Waals surface area contributed by atoms with Gasteiger partial charge in [0.1, 0.15) is 5.75 Å². The van der Waals surface area contributed by atoms with E-state index in [4.69, 9.17) is 4.74 Å². The number of nitrogens with one attached hydrogen (secondary N) is 1. The fourth-order valence-corrected chi connectivity index (χ4v) is 1.84. The molecule has 0 spiro atoms. The van der Waals surface area contributed by atoms with E-state index in [-0.39, 0.29) is 18.6 Å². The highest BCUT2D eigenvalue weighted by Gasteiger charge is 2.06. The Kier molecular flexibility index (Phi) is 4.80. The zero-order valence-electron chi connectivity index (χ0n) is 9.71. The zero-order chi connectivity index (χ0) is 12.1. The molecule has 0 aromatic heterocycles. The van der Waals surface area contributed by atoms with Gasteiger partial charge in [-0.05, 0) is 54.4 Å². The predicted octanol–water partition coefficient (Wildman–Crippen LogP) is 2.66. The highest BCUT2D eigenvalue weighted by Crippen LogP contribution is 2.25. The van der Waals surface area contributed by atoms with Crippen LogP contribution in [0.2, 0.25) is 0 Å². The van der Waals surface area contributed by atoms with Gasteiger partial charge in [-0.2, -0.15) is 0 Å². The molecule has 0 saturated carbocycles. The Morgan fingerprint density at radius 3 is 2.75 bits per heavy atom. The van der Waals surface area contributed by atoms with E-state index in [0.717, 1.165) is 10.0 Å². The summed E-state index contributed by atoms with van der Waals surface area (Å²) in [5.74, 6) is 0.576. The average molecular weight is 286 g/mol. The first-order valence-corrected chi connectivity index (χ1v) is 5.96. The number of hydrogen-bond acceptors (Lipinski definition) is 2. The fraction of sp³-hybridized carbons (Fsp3) is 0.417. The van der Waals surface area contributed by atoms with E-state index in [1.165, 1.54) is 0 Å². The maximum Gasteiger partial charge on any atom is 0.258 e. The minimum absolute atomic E-state index is 0.0415. The van der Waals surface area contributed by atoms with Crippen molar-refractivity contribution >= 4 is 21.8 Å². The Balaban J connectivity index is 2.51. The summed E-state index contributed by atoms with van der Waals surface area (Å²) >= 11 is 3.39. The van der Waals surface area contributed by atoms with Gasteiger partial charge in [0.2, 0.25) is 0 Å². The molecule has 4 heteroatoms. The average Bonchev–Trinajstić information content (AvgIpc) is 2.15. The number of benzene rings is 1. The molecule has 0 unspecified atom stereocenters. The molecule has 0 radical (unpaired) electrons. The van der Waals surface area contributed by atoms with Crippen LogP contribution in [0.15, 0.2) is 22.7 Å². The van der Waals surface area contributed by atoms with Gasteiger partial charge in [0, 0.05) is 6.04 Å². The van der Waals surface area contributed by atoms with E-state index in [0.29, 0.717) is 5.75 Å². The summed E-state index contributed by atoms with van der Waals surface area (Å²) in [6, 6.07) is 5.88. The van der Waals surface area contributed by atoms with Crippen molar-refractivity contribution in [3.8, 4) is 5.75 Å². The molecule has 0 fully saturated rings. The van der Waals surface area contributed by atoms with Crippen LogP contribution < -0.4 is 10.1 Å². The van der Waals surface area contributed by atoms with E-state index < -0.39 is 0 Å². The number of aryl methyl sites for hydroxylation is 1. The van der Waals surface area contributed by atoms with Crippen molar-refractivity contribution in [2.75, 3.05) is 6.61 Å². The number of halogens is 1. The normalized spacial score (nSPS) is 10.3. The van der Waals surface area contributed by atoms with Crippen LogP contribution in [0.3, 0.4) is 0 Å². The molecule has 3 nitrogen and oxygen atoms in total. The Morgan fingerprint density at radius 1 is 1.50 bits per heavy atom. The van der Waals surface area contributed by atoms with Crippen molar-refractivity contribution in [2.24, 2.45) is 0 Å². The summed E-state index contributed by atoms with van der Waals surface area (Å²) in [6.07, 6.45) is 0. The molecule has 0 atom stereocenters. The molecule has 0 heterocycles. The van der Waals surface area contributed by atoms with Crippen molar-refractivity contribution in [3.63, 3.8) is 0 Å². The van der Waals surface area contributed by atoms with Crippen LogP contribution in [0.5, 0.6) is 5.75 Å². The van der Waals surface area contributed by atoms with Gasteiger partial charge in [0.25, 0.3) is 5.91 Å². The van der Waals surface area contributed by atoms with Crippen LogP contribution in [-0.4, -0.2) is 18.6 Å². The molecule has 0 aliphatic carbocycles. The Labute approximate surface area is 104 Å². The molecular weight excluding hydrogens is 270 g/mol. The molecule has 0 saturated heterocycles. The smallest absolute Gasteiger partial charge is 0.258 e. The van der Waals surface area contributed by atoms with Crippen molar-refractivity contribution in [1.82, 2.24) is 5.32 Å². The summed E-state index contributed by atoms with van der Waals surface area (Å²) < 4.78 is 6.26. The number of amides is 1. The largest absolute Gasteiger partial charge is 0.483 e. The van der Waals surface area contributed by atoms with Gasteiger partial charge in [-0.3, -0.25) is 4.79 Å². The first-order chi connectivity index (χ1) is 7.49. The fourth-order valence-electron chi connectivity index (χ4n) is 1.23. The molecule has 0 aliphatic heterocycles. The second-order valence-electron chi connectivity index (χ2n) is 3.94. The summed E-state index contributed by atoms with van der Waals surface area (Å²) in [5, 5.41) is 2.76. The molecule has 1 aromatic carbocycles. The molecule has 16 heavy (non-hydrogen) atoms. The minimum Gasteiger partial charge on any atom is -0.483 e. The quantitative estimate of drug-likeness (QED) is 0.924. The van der Waals surface area contributed by atoms with Gasteiger partial charge in [-0.15, -0.1) is 0 Å². The van der Waals surface area contributed by atoms with Gasteiger partial charge >= 0.3 is 0 Å². The molecule has 0 aliphatic rings. The number of carbonyl (C=O) groups excluding carboxylic acids is 1. The maximum atomic E-state index is 11.4. The highest BCUT2D eigenvalue weighted by atomic mass is 79.9. The second kappa shape index (κ2) is 5.89. The lowest BCUT2D eigenvalue weighted by Gasteiger charge is -2.11. The Morgan fingerprint density at radius 2 is 2.19 bits per heavy atom. The highest BCUT2D eigenvalue weighted by molar-refractivity contribution is 9.10. The third-order valence-corrected chi connectivity index (χ3v) is 2.52. The number of ether oxygens (including phenoxy) is 1. The first kappa shape index (κ1) is 13.0. The third-order valence-electron chi connectivity index (χ3n) is 1.90. The van der Waals surface area contributed by atoms with Gasteiger partial charge in [-0.1, -0.05) is 6.07 Å². The monoisotopic (exact) mass is 285 g/mol. The van der Waals surface area contributed by atoms with E-state index >= 15 is 0 Å². The van der Waals surface area contributed by atoms with Crippen LogP contribution >= 0.6 is 15.9 Å². The first-order valence-electron chi connectivity index (χ1n) is 5.17. The van der Waals surface area contributed by atoms with Crippen LogP contribution in [0, 0.1) is 6.92 Å². The molecule has 1 amide bonds. The van der Waals surface area contributed by atoms with Crippen molar-refractivity contribution in [3.05, 3.63) is 28.2 Å². The number of hydrogen-bond donors (Lipinski definition) is 1. The van der Waals surface area contributed by atoms with E-state index in [9.17, 15) is 4.79 Å². The van der Waals surface area contributed by atoms with E-state index in [1.807, 2.05) is 39.0 Å². The topological polar surface area (TPSA) is 38.3 Å². The standard InChI is InChI=1S/C12H16BrNO2/c1-8(2)14-12(15)7-16-11-5-4-9(3)6-10(11)13/h4-6,8H,7H2,1-3H3,(H,14,15). The maximum absolute atomic E-state index is 11.4. The summed E-state index contributed by atoms with van der Waals surface area (Å²) in [4.78, 5) is 11.4. The van der Waals surface area contributed by atoms with E-state index in [2.05, 4.69) is 21.2 Å². The molecular formula is C12H16BrNO2. The van der Waals surface area contributed by atoms with Gasteiger partial charge in [-0.25, -0.2) is 0 Å². The van der Waals surface area contributed by atoms with Crippen LogP contribution in [0.1, 0.15) is 19.4 Å². The molecule has 1 N–H and O–H groups in total. The molecule has 1 rings (SSSR count). The second-order valence-corrected chi connectivity index (χ2v) is 4.80. The van der Waals surface area contributed by atoms with Crippen molar-refractivity contribution in [2.45, 2.75) is 26.8 Å². The Bertz CT molecular complexity index is 377. The van der Waals surface area contributed by atoms with Gasteiger partial charge in [0.15, 0.2) is 6.61 Å². The lowest BCUT2D eigenvalue weighted by molar-refractivity contribution is -0.123. The SMILES string of the molecule is Cc1ccc(OCC(=O)NC(C)C)c(Br)c1. The summed E-state index contributed by atoms with van der Waals surface area (Å²) in [5.41, 5.74) is 1.14. The van der Waals surface area contributed by atoms with Crippen LogP contribution in [0.4, 0.5) is 0 Å². The molecule has 0 bridgehead atoms. The van der Waals surface area contributed by atoms with Gasteiger partial charge in [0.05, 0.1) is 4.47 Å². The van der Waals surface area contributed by atoms with Crippen molar-refractivity contribution in [1.29, 1.82) is 0 Å². The summed E-state index contributed by atoms with van der Waals surface area (Å²) in [7, 11) is 0. The lowest BCUT2D eigenvalue weighted by atomic mass is 10.2. The Hall–Kier alpha value is -1.03. The summed E-state index contributed by atoms with van der Waals surface area (Å²) in [6.45, 7) is 5.87. The zero-order valence-corrected chi connectivity index (χ0v) is 11.3. The van der Waals surface area contributed by atoms with Crippen molar-refractivity contribution < 1.29 is 9.53 Å². The molecule has 88 valence electrons. The molecule has 1 aromatic rings. The lowest BCUT2D eigenvalue weighted by Crippen LogP contribution is -2.34.